The zero-order valence-electron chi connectivity index (χ0n) is 10.3. The summed E-state index contributed by atoms with van der Waals surface area (Å²) in [4.78, 5) is 11.2. The molecule has 0 aromatic heterocycles. The number of carbonyl (C=O) groups excluding carboxylic acids is 1. The SMILES string of the molecule is CCCCCOC(CCC)CC(=O)NC. The van der Waals surface area contributed by atoms with Crippen LogP contribution in [-0.4, -0.2) is 25.7 Å². The number of hydrogen-bond acceptors (Lipinski definition) is 2. The number of amides is 1. The lowest BCUT2D eigenvalue weighted by Gasteiger charge is -2.16. The highest BCUT2D eigenvalue weighted by Gasteiger charge is 2.12. The molecule has 0 spiro atoms. The molecule has 1 N–H and O–H groups in total. The van der Waals surface area contributed by atoms with Crippen LogP contribution in [0.3, 0.4) is 0 Å². The third-order valence-corrected chi connectivity index (χ3v) is 2.40. The van der Waals surface area contributed by atoms with Gasteiger partial charge in [-0.1, -0.05) is 33.1 Å². The van der Waals surface area contributed by atoms with Crippen molar-refractivity contribution >= 4 is 5.91 Å². The monoisotopic (exact) mass is 215 g/mol. The van der Waals surface area contributed by atoms with Crippen LogP contribution in [0, 0.1) is 0 Å². The molecular formula is C12H25NO2. The zero-order chi connectivity index (χ0) is 11.5. The summed E-state index contributed by atoms with van der Waals surface area (Å²) in [5.41, 5.74) is 0. The van der Waals surface area contributed by atoms with Gasteiger partial charge in [0.1, 0.15) is 0 Å². The first-order valence-electron chi connectivity index (χ1n) is 6.06. The second kappa shape index (κ2) is 9.97. The molecule has 0 radical (unpaired) electrons. The topological polar surface area (TPSA) is 38.3 Å². The highest BCUT2D eigenvalue weighted by molar-refractivity contribution is 5.76. The number of nitrogens with one attached hydrogen (secondary N) is 1. The van der Waals surface area contributed by atoms with E-state index >= 15 is 0 Å². The lowest BCUT2D eigenvalue weighted by Crippen LogP contribution is -2.26. The highest BCUT2D eigenvalue weighted by atomic mass is 16.5. The second-order valence-corrected chi connectivity index (χ2v) is 3.87. The van der Waals surface area contributed by atoms with Crippen LogP contribution in [0.15, 0.2) is 0 Å². The number of hydrogen-bond donors (Lipinski definition) is 1. The van der Waals surface area contributed by atoms with Gasteiger partial charge in [0.2, 0.25) is 5.91 Å². The van der Waals surface area contributed by atoms with E-state index in [-0.39, 0.29) is 12.0 Å². The first-order valence-corrected chi connectivity index (χ1v) is 6.06. The normalized spacial score (nSPS) is 12.5. The van der Waals surface area contributed by atoms with Crippen molar-refractivity contribution in [3.8, 4) is 0 Å². The quantitative estimate of drug-likeness (QED) is 0.600. The van der Waals surface area contributed by atoms with E-state index in [1.807, 2.05) is 0 Å². The first kappa shape index (κ1) is 14.4. The van der Waals surface area contributed by atoms with Crippen LogP contribution in [0.4, 0.5) is 0 Å². The molecule has 90 valence electrons. The molecule has 1 unspecified atom stereocenters. The molecule has 0 aliphatic carbocycles. The van der Waals surface area contributed by atoms with Crippen molar-refractivity contribution in [3.63, 3.8) is 0 Å². The first-order chi connectivity index (χ1) is 7.24. The maximum atomic E-state index is 11.2. The fraction of sp³-hybridized carbons (Fsp3) is 0.917. The van der Waals surface area contributed by atoms with Gasteiger partial charge in [-0.3, -0.25) is 4.79 Å². The minimum Gasteiger partial charge on any atom is -0.378 e. The van der Waals surface area contributed by atoms with E-state index in [1.54, 1.807) is 7.05 Å². The van der Waals surface area contributed by atoms with Gasteiger partial charge >= 0.3 is 0 Å². The Hall–Kier alpha value is -0.570. The van der Waals surface area contributed by atoms with E-state index in [2.05, 4.69) is 19.2 Å². The summed E-state index contributed by atoms with van der Waals surface area (Å²) in [6.07, 6.45) is 6.15. The average molecular weight is 215 g/mol. The molecule has 0 aromatic rings. The Bertz CT molecular complexity index is 160. The smallest absolute Gasteiger partial charge is 0.222 e. The fourth-order valence-electron chi connectivity index (χ4n) is 1.48. The molecule has 0 rings (SSSR count). The molecule has 1 atom stereocenters. The summed E-state index contributed by atoms with van der Waals surface area (Å²) < 4.78 is 5.70. The Kier molecular flexibility index (Phi) is 9.59. The Morgan fingerprint density at radius 1 is 1.27 bits per heavy atom. The van der Waals surface area contributed by atoms with Crippen molar-refractivity contribution in [2.75, 3.05) is 13.7 Å². The van der Waals surface area contributed by atoms with E-state index in [0.717, 1.165) is 25.9 Å². The molecule has 1 amide bonds. The standard InChI is InChI=1S/C12H25NO2/c1-4-6-7-9-15-11(8-5-2)10-12(14)13-3/h11H,4-10H2,1-3H3,(H,13,14). The number of carbonyl (C=O) groups is 1. The summed E-state index contributed by atoms with van der Waals surface area (Å²) >= 11 is 0. The van der Waals surface area contributed by atoms with Gasteiger partial charge < -0.3 is 10.1 Å². The van der Waals surface area contributed by atoms with E-state index in [0.29, 0.717) is 6.42 Å². The number of ether oxygens (including phenoxy) is 1. The molecule has 0 fully saturated rings. The van der Waals surface area contributed by atoms with Crippen molar-refractivity contribution in [3.05, 3.63) is 0 Å². The zero-order valence-corrected chi connectivity index (χ0v) is 10.3. The van der Waals surface area contributed by atoms with Crippen molar-refractivity contribution in [2.45, 2.75) is 58.5 Å². The van der Waals surface area contributed by atoms with Crippen molar-refractivity contribution in [2.24, 2.45) is 0 Å². The van der Waals surface area contributed by atoms with Gasteiger partial charge in [-0.2, -0.15) is 0 Å². The molecule has 0 aliphatic heterocycles. The summed E-state index contributed by atoms with van der Waals surface area (Å²) in [6, 6.07) is 0. The predicted octanol–water partition coefficient (Wildman–Crippen LogP) is 2.50. The van der Waals surface area contributed by atoms with Gasteiger partial charge in [0.25, 0.3) is 0 Å². The van der Waals surface area contributed by atoms with E-state index in [1.165, 1.54) is 12.8 Å². The van der Waals surface area contributed by atoms with Gasteiger partial charge in [-0.25, -0.2) is 0 Å². The highest BCUT2D eigenvalue weighted by Crippen LogP contribution is 2.08. The van der Waals surface area contributed by atoms with Crippen LogP contribution in [0.1, 0.15) is 52.4 Å². The second-order valence-electron chi connectivity index (χ2n) is 3.87. The molecule has 0 saturated carbocycles. The van der Waals surface area contributed by atoms with Gasteiger partial charge in [0.15, 0.2) is 0 Å². The Balaban J connectivity index is 3.67. The largest absolute Gasteiger partial charge is 0.378 e. The van der Waals surface area contributed by atoms with E-state index in [9.17, 15) is 4.79 Å². The fourth-order valence-corrected chi connectivity index (χ4v) is 1.48. The summed E-state index contributed by atoms with van der Waals surface area (Å²) in [7, 11) is 1.67. The molecule has 3 heteroatoms. The average Bonchev–Trinajstić information content (AvgIpc) is 2.24. The predicted molar refractivity (Wildman–Crippen MR) is 62.9 cm³/mol. The minimum absolute atomic E-state index is 0.0731. The van der Waals surface area contributed by atoms with Crippen LogP contribution in [-0.2, 0) is 9.53 Å². The molecular weight excluding hydrogens is 190 g/mol. The number of unbranched alkanes of at least 4 members (excludes halogenated alkanes) is 2. The van der Waals surface area contributed by atoms with Crippen molar-refractivity contribution in [1.82, 2.24) is 5.32 Å². The molecule has 3 nitrogen and oxygen atoms in total. The van der Waals surface area contributed by atoms with E-state index in [4.69, 9.17) is 4.74 Å². The maximum Gasteiger partial charge on any atom is 0.222 e. The van der Waals surface area contributed by atoms with Gasteiger partial charge in [0.05, 0.1) is 12.5 Å². The van der Waals surface area contributed by atoms with E-state index < -0.39 is 0 Å². The third-order valence-electron chi connectivity index (χ3n) is 2.40. The minimum atomic E-state index is 0.0731. The van der Waals surface area contributed by atoms with Crippen LogP contribution >= 0.6 is 0 Å². The van der Waals surface area contributed by atoms with Crippen LogP contribution in [0.25, 0.3) is 0 Å². The maximum absolute atomic E-state index is 11.2. The van der Waals surface area contributed by atoms with Gasteiger partial charge in [-0.15, -0.1) is 0 Å². The Labute approximate surface area is 93.6 Å². The molecule has 0 bridgehead atoms. The summed E-state index contributed by atoms with van der Waals surface area (Å²) in [5, 5.41) is 2.64. The van der Waals surface area contributed by atoms with Gasteiger partial charge in [-0.05, 0) is 12.8 Å². The van der Waals surface area contributed by atoms with Crippen molar-refractivity contribution < 1.29 is 9.53 Å². The molecule has 0 aliphatic rings. The molecule has 15 heavy (non-hydrogen) atoms. The molecule has 0 saturated heterocycles. The Morgan fingerprint density at radius 2 is 2.00 bits per heavy atom. The molecule has 0 aromatic carbocycles. The molecule has 0 heterocycles. The third kappa shape index (κ3) is 8.43. The lowest BCUT2D eigenvalue weighted by atomic mass is 10.1. The Morgan fingerprint density at radius 3 is 2.53 bits per heavy atom. The lowest BCUT2D eigenvalue weighted by molar-refractivity contribution is -0.123. The summed E-state index contributed by atoms with van der Waals surface area (Å²) in [6.45, 7) is 5.08. The van der Waals surface area contributed by atoms with Crippen LogP contribution < -0.4 is 5.32 Å². The van der Waals surface area contributed by atoms with Gasteiger partial charge in [0, 0.05) is 13.7 Å². The van der Waals surface area contributed by atoms with Crippen LogP contribution in [0.5, 0.6) is 0 Å². The summed E-state index contributed by atoms with van der Waals surface area (Å²) in [5.74, 6) is 0.0731. The van der Waals surface area contributed by atoms with Crippen molar-refractivity contribution in [1.29, 1.82) is 0 Å². The van der Waals surface area contributed by atoms with Crippen LogP contribution in [0.2, 0.25) is 0 Å². The number of rotatable bonds is 9.